The summed E-state index contributed by atoms with van der Waals surface area (Å²) in [4.78, 5) is 0. The highest BCUT2D eigenvalue weighted by molar-refractivity contribution is 9.10. The van der Waals surface area contributed by atoms with Gasteiger partial charge in [0.25, 0.3) is 0 Å². The lowest BCUT2D eigenvalue weighted by Gasteiger charge is -2.25. The standard InChI is InChI=1S/C14H20BrNO2S/c1-16-13(11-5-4-8-19-11)9-6-7-10(17-2)12(15)14(9)18-3/h6-7,11,13,16H,4-5,8H2,1-3H3. The molecule has 1 aromatic rings. The molecule has 1 saturated heterocycles. The summed E-state index contributed by atoms with van der Waals surface area (Å²) < 4.78 is 11.8. The van der Waals surface area contributed by atoms with E-state index < -0.39 is 0 Å². The quantitative estimate of drug-likeness (QED) is 0.882. The van der Waals surface area contributed by atoms with Gasteiger partial charge in [-0.1, -0.05) is 0 Å². The van der Waals surface area contributed by atoms with Gasteiger partial charge in [0.2, 0.25) is 0 Å². The molecule has 1 aromatic carbocycles. The second-order valence-electron chi connectivity index (χ2n) is 4.52. The van der Waals surface area contributed by atoms with Crippen molar-refractivity contribution in [3.63, 3.8) is 0 Å². The van der Waals surface area contributed by atoms with Gasteiger partial charge in [-0.2, -0.15) is 11.8 Å². The maximum Gasteiger partial charge on any atom is 0.141 e. The van der Waals surface area contributed by atoms with Crippen molar-refractivity contribution < 1.29 is 9.47 Å². The Labute approximate surface area is 127 Å². The van der Waals surface area contributed by atoms with Crippen LogP contribution < -0.4 is 14.8 Å². The van der Waals surface area contributed by atoms with E-state index in [1.54, 1.807) is 14.2 Å². The van der Waals surface area contributed by atoms with Crippen molar-refractivity contribution in [3.05, 3.63) is 22.2 Å². The molecule has 0 spiro atoms. The van der Waals surface area contributed by atoms with Crippen LogP contribution >= 0.6 is 27.7 Å². The number of hydrogen-bond acceptors (Lipinski definition) is 4. The molecule has 0 saturated carbocycles. The van der Waals surface area contributed by atoms with Crippen molar-refractivity contribution in [2.75, 3.05) is 27.0 Å². The number of halogens is 1. The van der Waals surface area contributed by atoms with Crippen LogP contribution in [0.25, 0.3) is 0 Å². The number of nitrogens with one attached hydrogen (secondary N) is 1. The first-order valence-electron chi connectivity index (χ1n) is 6.42. The van der Waals surface area contributed by atoms with Crippen LogP contribution in [-0.4, -0.2) is 32.3 Å². The van der Waals surface area contributed by atoms with Gasteiger partial charge in [0.15, 0.2) is 0 Å². The summed E-state index contributed by atoms with van der Waals surface area (Å²) in [6.45, 7) is 0. The van der Waals surface area contributed by atoms with Gasteiger partial charge in [-0.3, -0.25) is 0 Å². The van der Waals surface area contributed by atoms with E-state index in [4.69, 9.17) is 9.47 Å². The Balaban J connectivity index is 2.39. The number of methoxy groups -OCH3 is 2. The van der Waals surface area contributed by atoms with E-state index in [9.17, 15) is 0 Å². The largest absolute Gasteiger partial charge is 0.495 e. The molecule has 1 aliphatic rings. The van der Waals surface area contributed by atoms with Gasteiger partial charge >= 0.3 is 0 Å². The van der Waals surface area contributed by atoms with Crippen LogP contribution in [0.4, 0.5) is 0 Å². The molecular weight excluding hydrogens is 326 g/mol. The van der Waals surface area contributed by atoms with E-state index in [0.29, 0.717) is 11.3 Å². The van der Waals surface area contributed by atoms with Crippen LogP contribution in [0.5, 0.6) is 11.5 Å². The Morgan fingerprint density at radius 1 is 1.37 bits per heavy atom. The lowest BCUT2D eigenvalue weighted by atomic mass is 9.99. The average molecular weight is 346 g/mol. The van der Waals surface area contributed by atoms with E-state index in [2.05, 4.69) is 27.3 Å². The zero-order valence-electron chi connectivity index (χ0n) is 11.5. The lowest BCUT2D eigenvalue weighted by molar-refractivity contribution is 0.380. The van der Waals surface area contributed by atoms with Crippen LogP contribution in [-0.2, 0) is 0 Å². The molecular formula is C14H20BrNO2S. The molecule has 1 N–H and O–H groups in total. The first kappa shape index (κ1) is 15.0. The molecule has 3 nitrogen and oxygen atoms in total. The summed E-state index contributed by atoms with van der Waals surface area (Å²) in [5.74, 6) is 2.92. The summed E-state index contributed by atoms with van der Waals surface area (Å²) >= 11 is 5.61. The summed E-state index contributed by atoms with van der Waals surface area (Å²) in [6, 6.07) is 4.40. The van der Waals surface area contributed by atoms with Gasteiger partial charge in [-0.05, 0) is 53.7 Å². The Morgan fingerprint density at radius 3 is 2.68 bits per heavy atom. The van der Waals surface area contributed by atoms with Gasteiger partial charge in [0.05, 0.1) is 14.2 Å². The predicted octanol–water partition coefficient (Wildman–Crippen LogP) is 3.62. The average Bonchev–Trinajstić information content (AvgIpc) is 2.94. The minimum atomic E-state index is 0.310. The van der Waals surface area contributed by atoms with Gasteiger partial charge < -0.3 is 14.8 Å². The third-order valence-electron chi connectivity index (χ3n) is 3.50. The number of hydrogen-bond donors (Lipinski definition) is 1. The van der Waals surface area contributed by atoms with E-state index >= 15 is 0 Å². The second kappa shape index (κ2) is 6.86. The minimum absolute atomic E-state index is 0.310. The Hall–Kier alpha value is -0.390. The van der Waals surface area contributed by atoms with E-state index in [0.717, 1.165) is 16.0 Å². The number of benzene rings is 1. The predicted molar refractivity (Wildman–Crippen MR) is 84.5 cm³/mol. The maximum atomic E-state index is 5.58. The van der Waals surface area contributed by atoms with Crippen molar-refractivity contribution in [2.24, 2.45) is 0 Å². The molecule has 2 unspecified atom stereocenters. The van der Waals surface area contributed by atoms with Gasteiger partial charge in [-0.15, -0.1) is 0 Å². The number of rotatable bonds is 5. The molecule has 5 heteroatoms. The van der Waals surface area contributed by atoms with Crippen LogP contribution in [0.1, 0.15) is 24.4 Å². The molecule has 0 amide bonds. The highest BCUT2D eigenvalue weighted by Crippen LogP contribution is 2.44. The molecule has 1 aliphatic heterocycles. The fourth-order valence-electron chi connectivity index (χ4n) is 2.57. The van der Waals surface area contributed by atoms with E-state index in [1.807, 2.05) is 24.9 Å². The van der Waals surface area contributed by atoms with Gasteiger partial charge in [-0.25, -0.2) is 0 Å². The van der Waals surface area contributed by atoms with Crippen molar-refractivity contribution in [1.82, 2.24) is 5.32 Å². The summed E-state index contributed by atoms with van der Waals surface area (Å²) in [5.41, 5.74) is 1.19. The van der Waals surface area contributed by atoms with Crippen LogP contribution in [0, 0.1) is 0 Å². The second-order valence-corrected chi connectivity index (χ2v) is 6.66. The van der Waals surface area contributed by atoms with Gasteiger partial charge in [0, 0.05) is 16.9 Å². The molecule has 0 aliphatic carbocycles. The van der Waals surface area contributed by atoms with Crippen LogP contribution in [0.15, 0.2) is 16.6 Å². The molecule has 1 heterocycles. The highest BCUT2D eigenvalue weighted by Gasteiger charge is 2.29. The molecule has 0 aromatic heterocycles. The van der Waals surface area contributed by atoms with Crippen molar-refractivity contribution in [1.29, 1.82) is 0 Å². The van der Waals surface area contributed by atoms with Crippen molar-refractivity contribution in [2.45, 2.75) is 24.1 Å². The van der Waals surface area contributed by atoms with E-state index in [1.165, 1.54) is 24.2 Å². The van der Waals surface area contributed by atoms with Crippen molar-refractivity contribution >= 4 is 27.7 Å². The fourth-order valence-corrected chi connectivity index (χ4v) is 4.70. The Morgan fingerprint density at radius 2 is 2.16 bits per heavy atom. The zero-order valence-corrected chi connectivity index (χ0v) is 13.9. The SMILES string of the molecule is CNC(c1ccc(OC)c(Br)c1OC)C1CCCS1. The van der Waals surface area contributed by atoms with Crippen molar-refractivity contribution in [3.8, 4) is 11.5 Å². The molecule has 106 valence electrons. The van der Waals surface area contributed by atoms with Gasteiger partial charge in [0.1, 0.15) is 16.0 Å². The van der Waals surface area contributed by atoms with Crippen LogP contribution in [0.2, 0.25) is 0 Å². The Bertz CT molecular complexity index is 436. The third kappa shape index (κ3) is 3.03. The smallest absolute Gasteiger partial charge is 0.141 e. The molecule has 19 heavy (non-hydrogen) atoms. The summed E-state index contributed by atoms with van der Waals surface area (Å²) in [7, 11) is 5.39. The fraction of sp³-hybridized carbons (Fsp3) is 0.571. The third-order valence-corrected chi connectivity index (χ3v) is 5.71. The highest BCUT2D eigenvalue weighted by atomic mass is 79.9. The van der Waals surface area contributed by atoms with E-state index in [-0.39, 0.29) is 0 Å². The first-order chi connectivity index (χ1) is 9.22. The lowest BCUT2D eigenvalue weighted by Crippen LogP contribution is -2.26. The number of ether oxygens (including phenoxy) is 2. The normalized spacial score (nSPS) is 20.3. The first-order valence-corrected chi connectivity index (χ1v) is 8.26. The molecule has 0 bridgehead atoms. The van der Waals surface area contributed by atoms with Crippen LogP contribution in [0.3, 0.4) is 0 Å². The molecule has 2 rings (SSSR count). The summed E-state index contributed by atoms with van der Waals surface area (Å²) in [6.07, 6.45) is 2.55. The molecule has 0 radical (unpaired) electrons. The molecule has 1 fully saturated rings. The maximum absolute atomic E-state index is 5.58. The monoisotopic (exact) mass is 345 g/mol. The summed E-state index contributed by atoms with van der Waals surface area (Å²) in [5, 5.41) is 4.05. The zero-order chi connectivity index (χ0) is 13.8. The topological polar surface area (TPSA) is 30.5 Å². The minimum Gasteiger partial charge on any atom is -0.495 e. The number of thioether (sulfide) groups is 1. The Kier molecular flexibility index (Phi) is 5.42. The molecule has 2 atom stereocenters.